The maximum Gasteiger partial charge on any atom is 0.186 e. The standard InChI is InChI=1S/C13H7Cl2NOS/c14-10-4-1-3-8(12(10)15)13(17)9(7-16)11-5-2-6-18-11/h1-6,9H. The van der Waals surface area contributed by atoms with Gasteiger partial charge in [0.25, 0.3) is 0 Å². The van der Waals surface area contributed by atoms with E-state index in [4.69, 9.17) is 28.5 Å². The van der Waals surface area contributed by atoms with Gasteiger partial charge in [0.2, 0.25) is 0 Å². The van der Waals surface area contributed by atoms with E-state index in [1.54, 1.807) is 30.3 Å². The van der Waals surface area contributed by atoms with Crippen molar-refractivity contribution < 1.29 is 4.79 Å². The maximum atomic E-state index is 12.3. The molecule has 1 heterocycles. The molecule has 0 aliphatic rings. The molecule has 0 saturated carbocycles. The zero-order valence-corrected chi connectivity index (χ0v) is 11.4. The average molecular weight is 296 g/mol. The number of hydrogen-bond donors (Lipinski definition) is 0. The average Bonchev–Trinajstić information content (AvgIpc) is 2.87. The Bertz CT molecular complexity index is 616. The number of thiophene rings is 1. The second-order valence-electron chi connectivity index (χ2n) is 3.54. The molecular formula is C13H7Cl2NOS. The van der Waals surface area contributed by atoms with Crippen molar-refractivity contribution in [3.8, 4) is 6.07 Å². The van der Waals surface area contributed by atoms with Crippen LogP contribution in [0.4, 0.5) is 0 Å². The zero-order chi connectivity index (χ0) is 13.1. The van der Waals surface area contributed by atoms with Crippen LogP contribution >= 0.6 is 34.5 Å². The highest BCUT2D eigenvalue weighted by atomic mass is 35.5. The Hall–Kier alpha value is -1.34. The number of halogens is 2. The summed E-state index contributed by atoms with van der Waals surface area (Å²) in [5, 5.41) is 11.5. The lowest BCUT2D eigenvalue weighted by atomic mass is 9.97. The first-order chi connectivity index (χ1) is 8.65. The van der Waals surface area contributed by atoms with Crippen LogP contribution in [0.15, 0.2) is 35.7 Å². The highest BCUT2D eigenvalue weighted by Crippen LogP contribution is 2.31. The number of hydrogen-bond acceptors (Lipinski definition) is 3. The lowest BCUT2D eigenvalue weighted by Gasteiger charge is -2.08. The highest BCUT2D eigenvalue weighted by molar-refractivity contribution is 7.10. The molecule has 0 saturated heterocycles. The first-order valence-electron chi connectivity index (χ1n) is 5.06. The molecule has 18 heavy (non-hydrogen) atoms. The first-order valence-corrected chi connectivity index (χ1v) is 6.70. The summed E-state index contributed by atoms with van der Waals surface area (Å²) in [6.07, 6.45) is 0. The van der Waals surface area contributed by atoms with Crippen molar-refractivity contribution in [2.75, 3.05) is 0 Å². The van der Waals surface area contributed by atoms with Crippen LogP contribution in [0, 0.1) is 11.3 Å². The monoisotopic (exact) mass is 295 g/mol. The van der Waals surface area contributed by atoms with Crippen molar-refractivity contribution in [1.82, 2.24) is 0 Å². The first kappa shape index (κ1) is 13.1. The number of Topliss-reactive ketones (excluding diaryl/α,β-unsaturated/α-hetero) is 1. The predicted molar refractivity (Wildman–Crippen MR) is 73.5 cm³/mol. The predicted octanol–water partition coefficient (Wildman–Crippen LogP) is 4.54. The van der Waals surface area contributed by atoms with Gasteiger partial charge in [0.15, 0.2) is 5.78 Å². The molecule has 1 unspecified atom stereocenters. The van der Waals surface area contributed by atoms with Gasteiger partial charge in [-0.1, -0.05) is 35.3 Å². The molecule has 90 valence electrons. The smallest absolute Gasteiger partial charge is 0.186 e. The summed E-state index contributed by atoms with van der Waals surface area (Å²) in [6.45, 7) is 0. The van der Waals surface area contributed by atoms with Crippen LogP contribution in [-0.4, -0.2) is 5.78 Å². The van der Waals surface area contributed by atoms with Crippen LogP contribution in [0.1, 0.15) is 21.2 Å². The van der Waals surface area contributed by atoms with Gasteiger partial charge in [-0.05, 0) is 23.6 Å². The van der Waals surface area contributed by atoms with E-state index < -0.39 is 5.92 Å². The zero-order valence-electron chi connectivity index (χ0n) is 9.06. The molecule has 2 rings (SSSR count). The number of nitriles is 1. The molecule has 0 aliphatic heterocycles. The Morgan fingerprint density at radius 1 is 1.28 bits per heavy atom. The molecular weight excluding hydrogens is 289 g/mol. The molecule has 2 aromatic rings. The van der Waals surface area contributed by atoms with Gasteiger partial charge in [-0.25, -0.2) is 0 Å². The Morgan fingerprint density at radius 2 is 2.06 bits per heavy atom. The largest absolute Gasteiger partial charge is 0.292 e. The summed E-state index contributed by atoms with van der Waals surface area (Å²) in [4.78, 5) is 13.0. The van der Waals surface area contributed by atoms with Gasteiger partial charge in [-0.15, -0.1) is 11.3 Å². The van der Waals surface area contributed by atoms with Crippen molar-refractivity contribution >= 4 is 40.3 Å². The van der Waals surface area contributed by atoms with Gasteiger partial charge in [0, 0.05) is 10.4 Å². The van der Waals surface area contributed by atoms with Crippen LogP contribution in [-0.2, 0) is 0 Å². The molecule has 0 N–H and O–H groups in total. The van der Waals surface area contributed by atoms with Gasteiger partial charge in [0.05, 0.1) is 16.1 Å². The second kappa shape index (κ2) is 5.53. The summed E-state index contributed by atoms with van der Waals surface area (Å²) in [5.41, 5.74) is 0.282. The third kappa shape index (κ3) is 2.41. The fourth-order valence-corrected chi connectivity index (χ4v) is 2.72. The molecule has 0 spiro atoms. The third-order valence-corrected chi connectivity index (χ3v) is 4.19. The minimum absolute atomic E-state index is 0.195. The van der Waals surface area contributed by atoms with E-state index in [0.29, 0.717) is 9.90 Å². The van der Waals surface area contributed by atoms with Gasteiger partial charge in [0.1, 0.15) is 5.92 Å². The van der Waals surface area contributed by atoms with Gasteiger partial charge >= 0.3 is 0 Å². The van der Waals surface area contributed by atoms with E-state index in [2.05, 4.69) is 0 Å². The lowest BCUT2D eigenvalue weighted by Crippen LogP contribution is -2.10. The molecule has 1 aromatic carbocycles. The van der Waals surface area contributed by atoms with E-state index in [9.17, 15) is 4.79 Å². The van der Waals surface area contributed by atoms with Crippen LogP contribution < -0.4 is 0 Å². The normalized spacial score (nSPS) is 11.8. The Labute approximate surface area is 118 Å². The van der Waals surface area contributed by atoms with Crippen LogP contribution in [0.2, 0.25) is 10.0 Å². The molecule has 0 radical (unpaired) electrons. The van der Waals surface area contributed by atoms with Crippen LogP contribution in [0.5, 0.6) is 0 Å². The van der Waals surface area contributed by atoms with Gasteiger partial charge in [-0.3, -0.25) is 4.79 Å². The van der Waals surface area contributed by atoms with Crippen molar-refractivity contribution in [3.05, 3.63) is 56.2 Å². The van der Waals surface area contributed by atoms with E-state index in [1.807, 2.05) is 11.4 Å². The molecule has 2 nitrogen and oxygen atoms in total. The third-order valence-electron chi connectivity index (χ3n) is 2.44. The number of benzene rings is 1. The van der Waals surface area contributed by atoms with Crippen LogP contribution in [0.25, 0.3) is 0 Å². The second-order valence-corrected chi connectivity index (χ2v) is 5.31. The van der Waals surface area contributed by atoms with Crippen molar-refractivity contribution in [2.45, 2.75) is 5.92 Å². The summed E-state index contributed by atoms with van der Waals surface area (Å²) < 4.78 is 0. The topological polar surface area (TPSA) is 40.9 Å². The molecule has 0 amide bonds. The minimum atomic E-state index is -0.832. The maximum absolute atomic E-state index is 12.3. The van der Waals surface area contributed by atoms with Gasteiger partial charge in [-0.2, -0.15) is 5.26 Å². The van der Waals surface area contributed by atoms with Crippen LogP contribution in [0.3, 0.4) is 0 Å². The number of nitrogens with zero attached hydrogens (tertiary/aromatic N) is 1. The fraction of sp³-hybridized carbons (Fsp3) is 0.0769. The van der Waals surface area contributed by atoms with E-state index >= 15 is 0 Å². The summed E-state index contributed by atoms with van der Waals surface area (Å²) in [6, 6.07) is 10.4. The van der Waals surface area contributed by atoms with E-state index in [1.165, 1.54) is 11.3 Å². The Morgan fingerprint density at radius 3 is 2.67 bits per heavy atom. The van der Waals surface area contributed by atoms with Crippen molar-refractivity contribution in [3.63, 3.8) is 0 Å². The number of carbonyl (C=O) groups excluding carboxylic acids is 1. The molecule has 0 fully saturated rings. The quantitative estimate of drug-likeness (QED) is 0.780. The van der Waals surface area contributed by atoms with Crippen molar-refractivity contribution in [2.24, 2.45) is 0 Å². The van der Waals surface area contributed by atoms with Gasteiger partial charge < -0.3 is 0 Å². The molecule has 1 atom stereocenters. The number of rotatable bonds is 3. The lowest BCUT2D eigenvalue weighted by molar-refractivity contribution is 0.0980. The molecule has 0 bridgehead atoms. The SMILES string of the molecule is N#CC(C(=O)c1cccc(Cl)c1Cl)c1cccs1. The number of carbonyl (C=O) groups is 1. The summed E-state index contributed by atoms with van der Waals surface area (Å²) in [7, 11) is 0. The molecule has 5 heteroatoms. The van der Waals surface area contributed by atoms with E-state index in [-0.39, 0.29) is 16.4 Å². The molecule has 1 aromatic heterocycles. The summed E-state index contributed by atoms with van der Waals surface area (Å²) in [5.74, 6) is -1.16. The Kier molecular flexibility index (Phi) is 4.03. The number of ketones is 1. The van der Waals surface area contributed by atoms with Crippen molar-refractivity contribution in [1.29, 1.82) is 5.26 Å². The summed E-state index contributed by atoms with van der Waals surface area (Å²) >= 11 is 13.2. The molecule has 0 aliphatic carbocycles. The van der Waals surface area contributed by atoms with E-state index in [0.717, 1.165) is 0 Å². The fourth-order valence-electron chi connectivity index (χ4n) is 1.56. The minimum Gasteiger partial charge on any atom is -0.292 e. The Balaban J connectivity index is 2.42. The highest BCUT2D eigenvalue weighted by Gasteiger charge is 2.25.